The number of hydrogen-bond acceptors (Lipinski definition) is 4. The Labute approximate surface area is 114 Å². The van der Waals surface area contributed by atoms with Crippen molar-refractivity contribution in [2.24, 2.45) is 5.41 Å². The average molecular weight is 284 g/mol. The van der Waals surface area contributed by atoms with E-state index < -0.39 is 10.0 Å². The Bertz CT molecular complexity index is 565. The lowest BCUT2D eigenvalue weighted by molar-refractivity contribution is 0.414. The molecule has 2 rings (SSSR count). The lowest BCUT2D eigenvalue weighted by Gasteiger charge is -2.15. The molecule has 0 amide bonds. The van der Waals surface area contributed by atoms with Crippen LogP contribution in [0.3, 0.4) is 0 Å². The van der Waals surface area contributed by atoms with Crippen LogP contribution >= 0.6 is 0 Å². The number of rotatable bonds is 6. The fourth-order valence-corrected chi connectivity index (χ4v) is 3.32. The second-order valence-electron chi connectivity index (χ2n) is 5.08. The van der Waals surface area contributed by atoms with E-state index in [1.165, 1.54) is 19.2 Å². The number of benzene rings is 1. The lowest BCUT2D eigenvalue weighted by Crippen LogP contribution is -2.30. The predicted molar refractivity (Wildman–Crippen MR) is 74.6 cm³/mol. The van der Waals surface area contributed by atoms with Crippen LogP contribution in [0.15, 0.2) is 23.1 Å². The van der Waals surface area contributed by atoms with Gasteiger partial charge >= 0.3 is 0 Å². The molecule has 0 radical (unpaired) electrons. The van der Waals surface area contributed by atoms with E-state index >= 15 is 0 Å². The SMILES string of the molecule is CCC1(CNS(=O)(=O)c2ccc(OC)cc2N)CC1. The quantitative estimate of drug-likeness (QED) is 0.780. The van der Waals surface area contributed by atoms with Gasteiger partial charge in [-0.3, -0.25) is 0 Å². The molecule has 1 aromatic rings. The molecule has 0 heterocycles. The van der Waals surface area contributed by atoms with Crippen molar-refractivity contribution < 1.29 is 13.2 Å². The van der Waals surface area contributed by atoms with Crippen molar-refractivity contribution in [1.29, 1.82) is 0 Å². The molecule has 1 aromatic carbocycles. The summed E-state index contributed by atoms with van der Waals surface area (Å²) in [6, 6.07) is 4.58. The summed E-state index contributed by atoms with van der Waals surface area (Å²) in [7, 11) is -2.04. The molecule has 1 aliphatic carbocycles. The molecule has 6 heteroatoms. The van der Waals surface area contributed by atoms with Gasteiger partial charge in [0.05, 0.1) is 12.8 Å². The molecule has 106 valence electrons. The number of ether oxygens (including phenoxy) is 1. The van der Waals surface area contributed by atoms with Crippen molar-refractivity contribution in [3.63, 3.8) is 0 Å². The molecule has 1 saturated carbocycles. The molecular weight excluding hydrogens is 264 g/mol. The molecule has 0 unspecified atom stereocenters. The van der Waals surface area contributed by atoms with Crippen LogP contribution in [0.2, 0.25) is 0 Å². The first-order valence-corrected chi connectivity index (χ1v) is 7.84. The molecule has 0 saturated heterocycles. The van der Waals surface area contributed by atoms with E-state index in [-0.39, 0.29) is 16.0 Å². The summed E-state index contributed by atoms with van der Waals surface area (Å²) in [6.45, 7) is 2.57. The summed E-state index contributed by atoms with van der Waals surface area (Å²) >= 11 is 0. The van der Waals surface area contributed by atoms with Crippen LogP contribution in [-0.4, -0.2) is 22.1 Å². The van der Waals surface area contributed by atoms with Gasteiger partial charge in [0.25, 0.3) is 0 Å². The normalized spacial score (nSPS) is 17.2. The summed E-state index contributed by atoms with van der Waals surface area (Å²) in [6.07, 6.45) is 3.17. The van der Waals surface area contributed by atoms with E-state index in [2.05, 4.69) is 11.6 Å². The van der Waals surface area contributed by atoms with Gasteiger partial charge in [-0.1, -0.05) is 6.92 Å². The zero-order valence-corrected chi connectivity index (χ0v) is 12.1. The third-order valence-corrected chi connectivity index (χ3v) is 5.33. The van der Waals surface area contributed by atoms with E-state index in [4.69, 9.17) is 10.5 Å². The van der Waals surface area contributed by atoms with Crippen molar-refractivity contribution in [3.8, 4) is 5.75 Å². The number of nitrogen functional groups attached to an aromatic ring is 1. The van der Waals surface area contributed by atoms with E-state index in [1.807, 2.05) is 0 Å². The Morgan fingerprint density at radius 3 is 2.58 bits per heavy atom. The Balaban J connectivity index is 2.15. The van der Waals surface area contributed by atoms with Crippen molar-refractivity contribution in [2.75, 3.05) is 19.4 Å². The number of methoxy groups -OCH3 is 1. The summed E-state index contributed by atoms with van der Waals surface area (Å²) in [5, 5.41) is 0. The second-order valence-corrected chi connectivity index (χ2v) is 6.82. The van der Waals surface area contributed by atoms with Crippen molar-refractivity contribution in [1.82, 2.24) is 4.72 Å². The van der Waals surface area contributed by atoms with Gasteiger partial charge in [-0.25, -0.2) is 13.1 Å². The number of anilines is 1. The summed E-state index contributed by atoms with van der Waals surface area (Å²) in [4.78, 5) is 0.111. The molecule has 0 aliphatic heterocycles. The Morgan fingerprint density at radius 2 is 2.11 bits per heavy atom. The van der Waals surface area contributed by atoms with Gasteiger partial charge in [0, 0.05) is 12.6 Å². The molecule has 1 aliphatic rings. The minimum absolute atomic E-state index is 0.111. The van der Waals surface area contributed by atoms with E-state index in [1.54, 1.807) is 6.07 Å². The maximum atomic E-state index is 12.2. The highest BCUT2D eigenvalue weighted by Crippen LogP contribution is 2.48. The van der Waals surface area contributed by atoms with E-state index in [0.717, 1.165) is 19.3 Å². The second kappa shape index (κ2) is 5.02. The molecule has 5 nitrogen and oxygen atoms in total. The Morgan fingerprint density at radius 1 is 1.42 bits per heavy atom. The topological polar surface area (TPSA) is 81.4 Å². The highest BCUT2D eigenvalue weighted by atomic mass is 32.2. The number of nitrogens with one attached hydrogen (secondary N) is 1. The highest BCUT2D eigenvalue weighted by Gasteiger charge is 2.41. The van der Waals surface area contributed by atoms with Gasteiger partial charge in [0.1, 0.15) is 10.6 Å². The van der Waals surface area contributed by atoms with Crippen LogP contribution in [0.5, 0.6) is 5.75 Å². The van der Waals surface area contributed by atoms with E-state index in [0.29, 0.717) is 12.3 Å². The number of sulfonamides is 1. The van der Waals surface area contributed by atoms with Crippen LogP contribution in [0.25, 0.3) is 0 Å². The zero-order chi connectivity index (χ0) is 14.1. The highest BCUT2D eigenvalue weighted by molar-refractivity contribution is 7.89. The van der Waals surface area contributed by atoms with Gasteiger partial charge in [-0.2, -0.15) is 0 Å². The zero-order valence-electron chi connectivity index (χ0n) is 11.3. The molecule has 0 spiro atoms. The molecule has 3 N–H and O–H groups in total. The first-order valence-electron chi connectivity index (χ1n) is 6.36. The molecule has 0 atom stereocenters. The van der Waals surface area contributed by atoms with Crippen LogP contribution in [-0.2, 0) is 10.0 Å². The molecule has 1 fully saturated rings. The summed E-state index contributed by atoms with van der Waals surface area (Å²) in [5.41, 5.74) is 6.13. The number of nitrogens with two attached hydrogens (primary N) is 1. The Kier molecular flexibility index (Phi) is 3.73. The largest absolute Gasteiger partial charge is 0.497 e. The van der Waals surface area contributed by atoms with Crippen molar-refractivity contribution in [2.45, 2.75) is 31.1 Å². The van der Waals surface area contributed by atoms with Crippen LogP contribution < -0.4 is 15.2 Å². The first kappa shape index (κ1) is 14.1. The lowest BCUT2D eigenvalue weighted by atomic mass is 10.1. The number of hydrogen-bond donors (Lipinski definition) is 2. The van der Waals surface area contributed by atoms with Gasteiger partial charge < -0.3 is 10.5 Å². The van der Waals surface area contributed by atoms with Crippen molar-refractivity contribution in [3.05, 3.63) is 18.2 Å². The first-order chi connectivity index (χ1) is 8.92. The van der Waals surface area contributed by atoms with Crippen LogP contribution in [0.1, 0.15) is 26.2 Å². The standard InChI is InChI=1S/C13H20N2O3S/c1-3-13(6-7-13)9-15-19(16,17)12-5-4-10(18-2)8-11(12)14/h4-5,8,15H,3,6-7,9,14H2,1-2H3. The molecule has 19 heavy (non-hydrogen) atoms. The van der Waals surface area contributed by atoms with E-state index in [9.17, 15) is 8.42 Å². The van der Waals surface area contributed by atoms with Gasteiger partial charge in [-0.05, 0) is 36.8 Å². The monoisotopic (exact) mass is 284 g/mol. The van der Waals surface area contributed by atoms with Gasteiger partial charge in [-0.15, -0.1) is 0 Å². The maximum absolute atomic E-state index is 12.2. The summed E-state index contributed by atoms with van der Waals surface area (Å²) in [5.74, 6) is 0.545. The van der Waals surface area contributed by atoms with Crippen molar-refractivity contribution >= 4 is 15.7 Å². The fraction of sp³-hybridized carbons (Fsp3) is 0.538. The van der Waals surface area contributed by atoms with Crippen LogP contribution in [0.4, 0.5) is 5.69 Å². The molecule has 0 bridgehead atoms. The Hall–Kier alpha value is -1.27. The smallest absolute Gasteiger partial charge is 0.242 e. The summed E-state index contributed by atoms with van der Waals surface area (Å²) < 4.78 is 32.1. The third kappa shape index (κ3) is 3.01. The minimum Gasteiger partial charge on any atom is -0.497 e. The molecule has 0 aromatic heterocycles. The average Bonchev–Trinajstić information content (AvgIpc) is 3.17. The molecular formula is C13H20N2O3S. The maximum Gasteiger partial charge on any atom is 0.242 e. The third-order valence-electron chi connectivity index (χ3n) is 3.85. The van der Waals surface area contributed by atoms with Gasteiger partial charge in [0.2, 0.25) is 10.0 Å². The predicted octanol–water partition coefficient (Wildman–Crippen LogP) is 1.75. The minimum atomic E-state index is -3.55. The fourth-order valence-electron chi connectivity index (χ4n) is 2.06. The van der Waals surface area contributed by atoms with Crippen LogP contribution in [0, 0.1) is 5.41 Å². The van der Waals surface area contributed by atoms with Gasteiger partial charge in [0.15, 0.2) is 0 Å².